The predicted molar refractivity (Wildman–Crippen MR) is 68.9 cm³/mol. The van der Waals surface area contributed by atoms with Crippen molar-refractivity contribution in [2.24, 2.45) is 0 Å². The van der Waals surface area contributed by atoms with Crippen LogP contribution in [0.2, 0.25) is 10.0 Å². The lowest BCUT2D eigenvalue weighted by molar-refractivity contribution is 0.103. The molecule has 0 atom stereocenters. The number of aryl methyl sites for hydroxylation is 1. The van der Waals surface area contributed by atoms with Crippen molar-refractivity contribution >= 4 is 29.0 Å². The maximum atomic E-state index is 12.1. The van der Waals surface area contributed by atoms with Gasteiger partial charge in [-0.1, -0.05) is 23.2 Å². The SMILES string of the molecule is Cc1ccnc(C(=O)c2ccc(Cl)cc2Cl)c1. The topological polar surface area (TPSA) is 30.0 Å². The van der Waals surface area contributed by atoms with Crippen LogP contribution in [0.1, 0.15) is 21.6 Å². The first-order valence-corrected chi connectivity index (χ1v) is 5.76. The molecule has 0 aliphatic heterocycles. The van der Waals surface area contributed by atoms with Gasteiger partial charge in [-0.15, -0.1) is 0 Å². The van der Waals surface area contributed by atoms with Gasteiger partial charge in [-0.05, 0) is 42.8 Å². The van der Waals surface area contributed by atoms with Gasteiger partial charge in [-0.25, -0.2) is 0 Å². The number of ketones is 1. The molecule has 2 rings (SSSR count). The van der Waals surface area contributed by atoms with Crippen molar-refractivity contribution in [3.05, 3.63) is 63.4 Å². The highest BCUT2D eigenvalue weighted by molar-refractivity contribution is 6.37. The number of hydrogen-bond donors (Lipinski definition) is 0. The van der Waals surface area contributed by atoms with Gasteiger partial charge >= 0.3 is 0 Å². The van der Waals surface area contributed by atoms with Crippen molar-refractivity contribution in [1.82, 2.24) is 4.98 Å². The summed E-state index contributed by atoms with van der Waals surface area (Å²) < 4.78 is 0. The Morgan fingerprint density at radius 3 is 2.59 bits per heavy atom. The average molecular weight is 266 g/mol. The van der Waals surface area contributed by atoms with Crippen LogP contribution in [0.5, 0.6) is 0 Å². The number of hydrogen-bond acceptors (Lipinski definition) is 2. The summed E-state index contributed by atoms with van der Waals surface area (Å²) in [5.41, 5.74) is 1.77. The minimum atomic E-state index is -0.199. The Morgan fingerprint density at radius 2 is 1.94 bits per heavy atom. The van der Waals surface area contributed by atoms with Gasteiger partial charge < -0.3 is 0 Å². The van der Waals surface area contributed by atoms with Crippen LogP contribution in [0.3, 0.4) is 0 Å². The van der Waals surface area contributed by atoms with Crippen LogP contribution in [0.4, 0.5) is 0 Å². The number of pyridine rings is 1. The molecule has 1 aromatic carbocycles. The van der Waals surface area contributed by atoms with Crippen molar-refractivity contribution in [2.75, 3.05) is 0 Å². The monoisotopic (exact) mass is 265 g/mol. The number of nitrogens with zero attached hydrogens (tertiary/aromatic N) is 1. The van der Waals surface area contributed by atoms with Gasteiger partial charge in [0.25, 0.3) is 0 Å². The fraction of sp³-hybridized carbons (Fsp3) is 0.0769. The Bertz CT molecular complexity index is 581. The molecular weight excluding hydrogens is 257 g/mol. The zero-order valence-corrected chi connectivity index (χ0v) is 10.6. The van der Waals surface area contributed by atoms with Gasteiger partial charge in [0.05, 0.1) is 5.02 Å². The smallest absolute Gasteiger partial charge is 0.212 e. The van der Waals surface area contributed by atoms with Gasteiger partial charge in [0.15, 0.2) is 0 Å². The minimum Gasteiger partial charge on any atom is -0.287 e. The Hall–Kier alpha value is -1.38. The number of carbonyl (C=O) groups is 1. The quantitative estimate of drug-likeness (QED) is 0.771. The molecule has 0 amide bonds. The molecule has 4 heteroatoms. The lowest BCUT2D eigenvalue weighted by Gasteiger charge is -2.04. The molecular formula is C13H9Cl2NO. The van der Waals surface area contributed by atoms with E-state index < -0.39 is 0 Å². The lowest BCUT2D eigenvalue weighted by Crippen LogP contribution is -2.04. The first kappa shape index (κ1) is 12.1. The van der Waals surface area contributed by atoms with Crippen LogP contribution in [0, 0.1) is 6.92 Å². The third kappa shape index (κ3) is 2.65. The summed E-state index contributed by atoms with van der Waals surface area (Å²) in [6.07, 6.45) is 1.60. The van der Waals surface area contributed by atoms with E-state index in [0.29, 0.717) is 21.3 Å². The molecule has 2 aromatic rings. The Morgan fingerprint density at radius 1 is 1.18 bits per heavy atom. The molecule has 0 aliphatic rings. The van der Waals surface area contributed by atoms with E-state index in [1.807, 2.05) is 13.0 Å². The van der Waals surface area contributed by atoms with Crippen LogP contribution in [0.25, 0.3) is 0 Å². The van der Waals surface area contributed by atoms with E-state index >= 15 is 0 Å². The summed E-state index contributed by atoms with van der Waals surface area (Å²) in [6.45, 7) is 1.90. The van der Waals surface area contributed by atoms with Crippen LogP contribution in [-0.4, -0.2) is 10.8 Å². The first-order valence-electron chi connectivity index (χ1n) is 5.00. The second-order valence-electron chi connectivity index (χ2n) is 3.67. The number of rotatable bonds is 2. The normalized spacial score (nSPS) is 10.3. The van der Waals surface area contributed by atoms with Crippen molar-refractivity contribution in [1.29, 1.82) is 0 Å². The van der Waals surface area contributed by atoms with Crippen LogP contribution in [0.15, 0.2) is 36.5 Å². The molecule has 0 bridgehead atoms. The van der Waals surface area contributed by atoms with Gasteiger partial charge in [0, 0.05) is 16.8 Å². The van der Waals surface area contributed by atoms with Crippen LogP contribution in [-0.2, 0) is 0 Å². The third-order valence-corrected chi connectivity index (χ3v) is 2.87. The summed E-state index contributed by atoms with van der Waals surface area (Å²) in [6, 6.07) is 8.35. The molecule has 1 heterocycles. The number of aromatic nitrogens is 1. The lowest BCUT2D eigenvalue weighted by atomic mass is 10.1. The average Bonchev–Trinajstić information content (AvgIpc) is 2.28. The molecule has 0 radical (unpaired) electrons. The minimum absolute atomic E-state index is 0.199. The molecule has 1 aromatic heterocycles. The predicted octanol–water partition coefficient (Wildman–Crippen LogP) is 3.93. The fourth-order valence-corrected chi connectivity index (χ4v) is 1.97. The van der Waals surface area contributed by atoms with Crippen molar-refractivity contribution < 1.29 is 4.79 Å². The first-order chi connectivity index (χ1) is 8.08. The van der Waals surface area contributed by atoms with Crippen LogP contribution >= 0.6 is 23.2 Å². The largest absolute Gasteiger partial charge is 0.287 e. The molecule has 0 saturated carbocycles. The Balaban J connectivity index is 2.44. The highest BCUT2D eigenvalue weighted by atomic mass is 35.5. The summed E-state index contributed by atoms with van der Waals surface area (Å²) >= 11 is 11.8. The van der Waals surface area contributed by atoms with E-state index in [-0.39, 0.29) is 5.78 Å². The molecule has 0 fully saturated rings. The van der Waals surface area contributed by atoms with E-state index in [4.69, 9.17) is 23.2 Å². The highest BCUT2D eigenvalue weighted by Crippen LogP contribution is 2.23. The van der Waals surface area contributed by atoms with E-state index in [2.05, 4.69) is 4.98 Å². The fourth-order valence-electron chi connectivity index (χ4n) is 1.47. The highest BCUT2D eigenvalue weighted by Gasteiger charge is 2.14. The maximum absolute atomic E-state index is 12.1. The number of carbonyl (C=O) groups excluding carboxylic acids is 1. The second-order valence-corrected chi connectivity index (χ2v) is 4.52. The van der Waals surface area contributed by atoms with E-state index in [1.54, 1.807) is 30.5 Å². The van der Waals surface area contributed by atoms with E-state index in [0.717, 1.165) is 5.56 Å². The van der Waals surface area contributed by atoms with Gasteiger partial charge in [0.2, 0.25) is 5.78 Å². The maximum Gasteiger partial charge on any atom is 0.212 e. The molecule has 86 valence electrons. The summed E-state index contributed by atoms with van der Waals surface area (Å²) in [5.74, 6) is -0.199. The molecule has 0 unspecified atom stereocenters. The Labute approximate surface area is 109 Å². The third-order valence-electron chi connectivity index (χ3n) is 2.32. The zero-order valence-electron chi connectivity index (χ0n) is 9.08. The molecule has 2 nitrogen and oxygen atoms in total. The summed E-state index contributed by atoms with van der Waals surface area (Å²) in [7, 11) is 0. The number of benzene rings is 1. The van der Waals surface area contributed by atoms with Gasteiger partial charge in [-0.3, -0.25) is 9.78 Å². The Kier molecular flexibility index (Phi) is 3.46. The van der Waals surface area contributed by atoms with Gasteiger partial charge in [-0.2, -0.15) is 0 Å². The number of halogens is 2. The molecule has 17 heavy (non-hydrogen) atoms. The van der Waals surface area contributed by atoms with Crippen molar-refractivity contribution in [3.63, 3.8) is 0 Å². The standard InChI is InChI=1S/C13H9Cl2NO/c1-8-4-5-16-12(6-8)13(17)10-3-2-9(14)7-11(10)15/h2-7H,1H3. The molecule has 0 aliphatic carbocycles. The zero-order chi connectivity index (χ0) is 12.4. The summed E-state index contributed by atoms with van der Waals surface area (Å²) in [4.78, 5) is 16.2. The molecule has 0 saturated heterocycles. The summed E-state index contributed by atoms with van der Waals surface area (Å²) in [5, 5.41) is 0.842. The molecule has 0 spiro atoms. The van der Waals surface area contributed by atoms with Crippen molar-refractivity contribution in [3.8, 4) is 0 Å². The van der Waals surface area contributed by atoms with Crippen molar-refractivity contribution in [2.45, 2.75) is 6.92 Å². The van der Waals surface area contributed by atoms with E-state index in [1.165, 1.54) is 0 Å². The second kappa shape index (κ2) is 4.86. The van der Waals surface area contributed by atoms with Gasteiger partial charge in [0.1, 0.15) is 5.69 Å². The molecule has 0 N–H and O–H groups in total. The van der Waals surface area contributed by atoms with Crippen LogP contribution < -0.4 is 0 Å². The van der Waals surface area contributed by atoms with E-state index in [9.17, 15) is 4.79 Å².